The molecule has 0 bridgehead atoms. The normalized spacial score (nSPS) is 18.3. The second kappa shape index (κ2) is 14.7. The summed E-state index contributed by atoms with van der Waals surface area (Å²) in [6.45, 7) is 2.07. The van der Waals surface area contributed by atoms with Crippen LogP contribution >= 0.6 is 22.6 Å². The van der Waals surface area contributed by atoms with Gasteiger partial charge in [0.1, 0.15) is 18.5 Å². The molecule has 3 aromatic rings. The highest BCUT2D eigenvalue weighted by molar-refractivity contribution is 14.1. The van der Waals surface area contributed by atoms with Gasteiger partial charge in [0.2, 0.25) is 11.8 Å². The number of aliphatic hydroxyl groups is 2. The number of halogens is 1. The number of para-hydroxylation sites is 1. The highest BCUT2D eigenvalue weighted by Crippen LogP contribution is 2.37. The maximum absolute atomic E-state index is 13.5. The lowest BCUT2D eigenvalue weighted by atomic mass is 9.87. The van der Waals surface area contributed by atoms with Crippen LogP contribution in [0.15, 0.2) is 54.1 Å². The quantitative estimate of drug-likeness (QED) is 0.159. The number of aldehydes is 1. The number of H-pyrrole nitrogens is 1. The van der Waals surface area contributed by atoms with E-state index in [-0.39, 0.29) is 31.9 Å². The van der Waals surface area contributed by atoms with Crippen molar-refractivity contribution in [2.45, 2.75) is 50.9 Å². The summed E-state index contributed by atoms with van der Waals surface area (Å²) >= 11 is 2.02. The van der Waals surface area contributed by atoms with Crippen molar-refractivity contribution >= 4 is 51.6 Å². The second-order valence-electron chi connectivity index (χ2n) is 10.1. The maximum Gasteiger partial charge on any atom is 0.247 e. The predicted molar refractivity (Wildman–Crippen MR) is 167 cm³/mol. The van der Waals surface area contributed by atoms with Crippen LogP contribution in [0.25, 0.3) is 10.9 Å². The smallest absolute Gasteiger partial charge is 0.247 e. The fourth-order valence-corrected chi connectivity index (χ4v) is 5.93. The van der Waals surface area contributed by atoms with Crippen molar-refractivity contribution in [1.29, 1.82) is 0 Å². The van der Waals surface area contributed by atoms with Gasteiger partial charge in [-0.3, -0.25) is 14.4 Å². The van der Waals surface area contributed by atoms with Gasteiger partial charge in [0.15, 0.2) is 11.5 Å². The number of ether oxygens (including phenoxy) is 2. The molecule has 0 saturated heterocycles. The van der Waals surface area contributed by atoms with Gasteiger partial charge in [0.25, 0.3) is 0 Å². The Kier molecular flexibility index (Phi) is 11.0. The number of hydrogen-bond donors (Lipinski definition) is 4. The van der Waals surface area contributed by atoms with Crippen molar-refractivity contribution in [1.82, 2.24) is 15.2 Å². The number of aromatic nitrogens is 1. The average Bonchev–Trinajstić information content (AvgIpc) is 3.41. The molecule has 11 heteroatoms. The molecule has 1 heterocycles. The summed E-state index contributed by atoms with van der Waals surface area (Å²) in [6.07, 6.45) is 1.62. The third kappa shape index (κ3) is 7.31. The van der Waals surface area contributed by atoms with Gasteiger partial charge >= 0.3 is 0 Å². The number of amides is 2. The molecule has 0 aliphatic heterocycles. The fourth-order valence-electron chi connectivity index (χ4n) is 5.18. The van der Waals surface area contributed by atoms with Gasteiger partial charge in [-0.2, -0.15) is 0 Å². The lowest BCUT2D eigenvalue weighted by Crippen LogP contribution is -2.55. The summed E-state index contributed by atoms with van der Waals surface area (Å²) in [4.78, 5) is 43.0. The number of methoxy groups -OCH3 is 1. The van der Waals surface area contributed by atoms with Crippen LogP contribution in [0.1, 0.15) is 42.2 Å². The van der Waals surface area contributed by atoms with Gasteiger partial charge in [-0.05, 0) is 64.7 Å². The number of hydrogen-bond acceptors (Lipinski definition) is 7. The average molecular weight is 690 g/mol. The van der Waals surface area contributed by atoms with Crippen LogP contribution < -0.4 is 14.8 Å². The Morgan fingerprint density at radius 3 is 2.71 bits per heavy atom. The van der Waals surface area contributed by atoms with E-state index in [1.807, 2.05) is 59.8 Å². The molecular weight excluding hydrogens is 653 g/mol. The van der Waals surface area contributed by atoms with E-state index in [9.17, 15) is 24.6 Å². The van der Waals surface area contributed by atoms with E-state index in [4.69, 9.17) is 9.47 Å². The third-order valence-electron chi connectivity index (χ3n) is 7.25. The molecule has 1 aliphatic carbocycles. The zero-order chi connectivity index (χ0) is 30.2. The molecule has 2 amide bonds. The molecule has 10 nitrogen and oxygen atoms in total. The second-order valence-corrected chi connectivity index (χ2v) is 11.3. The highest BCUT2D eigenvalue weighted by atomic mass is 127. The molecule has 42 heavy (non-hydrogen) atoms. The first-order valence-corrected chi connectivity index (χ1v) is 15.0. The van der Waals surface area contributed by atoms with Gasteiger partial charge in [0.05, 0.1) is 23.3 Å². The standard InChI is InChI=1S/C31H36IN3O7/c1-3-6-28(38)35(11-9-22-15-20-7-4-5-8-24(20)34-22)25-16-21(31(40)33-10-12-36)17-26(29(25)39)42-30-23(32)13-19(18-37)14-27(30)41-2/h4-5,7-8,13-15,17-18,25-26,29,34,36,39H,3,6,9-12,16H2,1-2H3,(H,33,40). The minimum Gasteiger partial charge on any atom is -0.493 e. The molecule has 3 atom stereocenters. The van der Waals surface area contributed by atoms with Crippen LogP contribution in [0, 0.1) is 3.57 Å². The van der Waals surface area contributed by atoms with Gasteiger partial charge < -0.3 is 34.9 Å². The minimum absolute atomic E-state index is 0.0622. The first kappa shape index (κ1) is 31.5. The highest BCUT2D eigenvalue weighted by Gasteiger charge is 2.40. The van der Waals surface area contributed by atoms with Crippen LogP contribution in [-0.4, -0.2) is 83.3 Å². The molecule has 3 unspecified atom stereocenters. The van der Waals surface area contributed by atoms with Crippen LogP contribution in [0.4, 0.5) is 0 Å². The Morgan fingerprint density at radius 1 is 1.24 bits per heavy atom. The Hall–Kier alpha value is -3.42. The molecule has 4 N–H and O–H groups in total. The Morgan fingerprint density at radius 2 is 2.02 bits per heavy atom. The first-order valence-electron chi connectivity index (χ1n) is 13.9. The van der Waals surface area contributed by atoms with Crippen molar-refractivity contribution in [3.63, 3.8) is 0 Å². The summed E-state index contributed by atoms with van der Waals surface area (Å²) in [6, 6.07) is 12.4. The summed E-state index contributed by atoms with van der Waals surface area (Å²) < 4.78 is 12.3. The third-order valence-corrected chi connectivity index (χ3v) is 8.05. The number of aliphatic hydroxyl groups excluding tert-OH is 2. The first-order chi connectivity index (χ1) is 20.3. The molecule has 4 rings (SSSR count). The zero-order valence-corrected chi connectivity index (χ0v) is 25.8. The number of benzene rings is 2. The minimum atomic E-state index is -1.17. The molecule has 1 aromatic heterocycles. The van der Waals surface area contributed by atoms with Gasteiger partial charge in [-0.25, -0.2) is 0 Å². The molecule has 224 valence electrons. The predicted octanol–water partition coefficient (Wildman–Crippen LogP) is 3.38. The molecule has 0 fully saturated rings. The fraction of sp³-hybridized carbons (Fsp3) is 0.387. The number of nitrogens with zero attached hydrogens (tertiary/aromatic N) is 1. The molecule has 2 aromatic carbocycles. The molecule has 0 saturated carbocycles. The number of carbonyl (C=O) groups excluding carboxylic acids is 3. The summed E-state index contributed by atoms with van der Waals surface area (Å²) in [5, 5.41) is 24.7. The Labute approximate surface area is 258 Å². The number of fused-ring (bicyclic) bond motifs is 1. The number of nitrogens with one attached hydrogen (secondary N) is 2. The van der Waals surface area contributed by atoms with Gasteiger partial charge in [0, 0.05) is 54.7 Å². The Balaban J connectivity index is 1.67. The molecular formula is C31H36IN3O7. The number of aromatic amines is 1. The largest absolute Gasteiger partial charge is 0.493 e. The van der Waals surface area contributed by atoms with Crippen molar-refractivity contribution < 1.29 is 34.1 Å². The van der Waals surface area contributed by atoms with Crippen molar-refractivity contribution in [2.75, 3.05) is 26.8 Å². The van der Waals surface area contributed by atoms with Crippen molar-refractivity contribution in [3.8, 4) is 11.5 Å². The van der Waals surface area contributed by atoms with Crippen molar-refractivity contribution in [2.24, 2.45) is 0 Å². The van der Waals surface area contributed by atoms with Crippen LogP contribution in [0.3, 0.4) is 0 Å². The van der Waals surface area contributed by atoms with Gasteiger partial charge in [-0.1, -0.05) is 25.1 Å². The number of rotatable bonds is 13. The van der Waals surface area contributed by atoms with E-state index in [0.717, 1.165) is 16.6 Å². The summed E-state index contributed by atoms with van der Waals surface area (Å²) in [5.41, 5.74) is 2.69. The molecule has 1 aliphatic rings. The topological polar surface area (TPSA) is 141 Å². The number of carbonyl (C=O) groups is 3. The van der Waals surface area contributed by atoms with E-state index in [0.29, 0.717) is 51.9 Å². The van der Waals surface area contributed by atoms with Gasteiger partial charge in [-0.15, -0.1) is 0 Å². The van der Waals surface area contributed by atoms with Crippen LogP contribution in [0.2, 0.25) is 0 Å². The molecule has 0 spiro atoms. The van der Waals surface area contributed by atoms with Crippen LogP contribution in [0.5, 0.6) is 11.5 Å². The zero-order valence-electron chi connectivity index (χ0n) is 23.6. The van der Waals surface area contributed by atoms with Crippen molar-refractivity contribution in [3.05, 3.63) is 68.9 Å². The lowest BCUT2D eigenvalue weighted by Gasteiger charge is -2.40. The maximum atomic E-state index is 13.5. The lowest BCUT2D eigenvalue weighted by molar-refractivity contribution is -0.138. The summed E-state index contributed by atoms with van der Waals surface area (Å²) in [7, 11) is 1.45. The van der Waals surface area contributed by atoms with E-state index >= 15 is 0 Å². The SMILES string of the molecule is CCCC(=O)N(CCc1cc2ccccc2[nH]1)C1CC(C(=O)NCCO)=CC(Oc2c(I)cc(C=O)cc2OC)C1O. The van der Waals surface area contributed by atoms with E-state index in [1.165, 1.54) is 13.2 Å². The summed E-state index contributed by atoms with van der Waals surface area (Å²) in [5.74, 6) is 0.0713. The van der Waals surface area contributed by atoms with Crippen LogP contribution in [-0.2, 0) is 16.0 Å². The van der Waals surface area contributed by atoms with E-state index in [2.05, 4.69) is 10.3 Å². The Bertz CT molecular complexity index is 1420. The monoisotopic (exact) mass is 689 g/mol. The van der Waals surface area contributed by atoms with E-state index in [1.54, 1.807) is 17.0 Å². The molecule has 0 radical (unpaired) electrons. The van der Waals surface area contributed by atoms with E-state index < -0.39 is 24.2 Å².